The van der Waals surface area contributed by atoms with E-state index >= 15 is 0 Å². The van der Waals surface area contributed by atoms with E-state index in [1.54, 1.807) is 0 Å². The van der Waals surface area contributed by atoms with E-state index in [0.717, 1.165) is 49.8 Å². The van der Waals surface area contributed by atoms with Gasteiger partial charge in [-0.15, -0.1) is 11.3 Å². The summed E-state index contributed by atoms with van der Waals surface area (Å²) in [5, 5.41) is 0. The van der Waals surface area contributed by atoms with Gasteiger partial charge in [-0.1, -0.05) is 0 Å². The van der Waals surface area contributed by atoms with Gasteiger partial charge in [-0.2, -0.15) is 0 Å². The van der Waals surface area contributed by atoms with Crippen LogP contribution >= 0.6 is 11.3 Å². The van der Waals surface area contributed by atoms with Gasteiger partial charge in [0, 0.05) is 23.9 Å². The molecule has 0 N–H and O–H groups in total. The number of hydrogen-bond acceptors (Lipinski definition) is 3. The number of alkyl halides is 1. The highest BCUT2D eigenvalue weighted by molar-refractivity contribution is 7.13. The molecule has 1 aromatic rings. The molecule has 0 saturated carbocycles. The molecule has 0 radical (unpaired) electrons. The van der Waals surface area contributed by atoms with E-state index in [0.29, 0.717) is 18.9 Å². The number of halogens is 1. The molecule has 21 heavy (non-hydrogen) atoms. The lowest BCUT2D eigenvalue weighted by atomic mass is 10.1. The maximum absolute atomic E-state index is 12.2. The number of hydrogen-bond donors (Lipinski definition) is 0. The van der Waals surface area contributed by atoms with Crippen molar-refractivity contribution < 1.29 is 14.0 Å². The van der Waals surface area contributed by atoms with E-state index in [1.807, 2.05) is 17.0 Å². The van der Waals surface area contributed by atoms with Crippen LogP contribution in [0.25, 0.3) is 0 Å². The highest BCUT2D eigenvalue weighted by Crippen LogP contribution is 2.24. The van der Waals surface area contributed by atoms with Gasteiger partial charge in [-0.3, -0.25) is 14.0 Å². The van der Waals surface area contributed by atoms with E-state index in [2.05, 4.69) is 0 Å². The Morgan fingerprint density at radius 1 is 1.33 bits per heavy atom. The predicted octanol–water partition coefficient (Wildman–Crippen LogP) is 3.62. The number of amides is 1. The van der Waals surface area contributed by atoms with Crippen LogP contribution in [0.2, 0.25) is 0 Å². The second kappa shape index (κ2) is 8.27. The molecule has 1 unspecified atom stereocenters. The number of nitrogens with zero attached hydrogens (tertiary/aromatic N) is 1. The molecule has 0 bridgehead atoms. The average molecular weight is 311 g/mol. The summed E-state index contributed by atoms with van der Waals surface area (Å²) in [4.78, 5) is 26.5. The molecule has 1 saturated heterocycles. The van der Waals surface area contributed by atoms with Crippen molar-refractivity contribution in [3.63, 3.8) is 0 Å². The molecule has 2 heterocycles. The fraction of sp³-hybridized carbons (Fsp3) is 0.625. The van der Waals surface area contributed by atoms with Crippen molar-refractivity contribution in [2.24, 2.45) is 0 Å². The number of thiophene rings is 1. The number of unbranched alkanes of at least 4 members (excludes halogenated alkanes) is 1. The molecule has 1 aromatic heterocycles. The van der Waals surface area contributed by atoms with Crippen molar-refractivity contribution >= 4 is 23.5 Å². The average Bonchev–Trinajstić information content (AvgIpc) is 3.08. The van der Waals surface area contributed by atoms with Gasteiger partial charge < -0.3 is 4.90 Å². The summed E-state index contributed by atoms with van der Waals surface area (Å²) in [7, 11) is 0. The molecule has 116 valence electrons. The maximum Gasteiger partial charge on any atom is 0.222 e. The molecule has 1 atom stereocenters. The maximum atomic E-state index is 12.2. The summed E-state index contributed by atoms with van der Waals surface area (Å²) >= 11 is 1.52. The van der Waals surface area contributed by atoms with Crippen molar-refractivity contribution in [1.82, 2.24) is 4.90 Å². The summed E-state index contributed by atoms with van der Waals surface area (Å²) in [6, 6.07) is 4.13. The van der Waals surface area contributed by atoms with Gasteiger partial charge in [0.15, 0.2) is 6.29 Å². The molecule has 3 nitrogen and oxygen atoms in total. The summed E-state index contributed by atoms with van der Waals surface area (Å²) in [5.74, 6) is 0.236. The van der Waals surface area contributed by atoms with Crippen molar-refractivity contribution in [2.45, 2.75) is 51.0 Å². The first kappa shape index (κ1) is 16.1. The van der Waals surface area contributed by atoms with Crippen molar-refractivity contribution in [3.8, 4) is 0 Å². The first-order valence-corrected chi connectivity index (χ1v) is 8.45. The van der Waals surface area contributed by atoms with Crippen molar-refractivity contribution in [2.75, 3.05) is 13.2 Å². The number of carbonyl (C=O) groups excluding carboxylic acids is 2. The van der Waals surface area contributed by atoms with Crippen molar-refractivity contribution in [1.29, 1.82) is 0 Å². The minimum absolute atomic E-state index is 0.236. The topological polar surface area (TPSA) is 37.4 Å². The zero-order valence-corrected chi connectivity index (χ0v) is 13.0. The van der Waals surface area contributed by atoms with Crippen LogP contribution in [-0.4, -0.2) is 36.4 Å². The Kier molecular flexibility index (Phi) is 6.36. The van der Waals surface area contributed by atoms with E-state index in [9.17, 15) is 14.0 Å². The highest BCUT2D eigenvalue weighted by atomic mass is 32.1. The fourth-order valence-corrected chi connectivity index (χ4v) is 3.76. The highest BCUT2D eigenvalue weighted by Gasteiger charge is 2.29. The third-order valence-corrected chi connectivity index (χ3v) is 5.06. The molecule has 1 amide bonds. The lowest BCUT2D eigenvalue weighted by molar-refractivity contribution is -0.129. The first-order chi connectivity index (χ1) is 10.2. The number of likely N-dealkylation sites (tertiary alicyclic amines) is 1. The lowest BCUT2D eigenvalue weighted by Crippen LogP contribution is -2.34. The van der Waals surface area contributed by atoms with Gasteiger partial charge in [0.2, 0.25) is 5.91 Å². The van der Waals surface area contributed by atoms with Gasteiger partial charge >= 0.3 is 0 Å². The van der Waals surface area contributed by atoms with Crippen LogP contribution in [0.5, 0.6) is 0 Å². The van der Waals surface area contributed by atoms with E-state index in [1.165, 1.54) is 16.2 Å². The van der Waals surface area contributed by atoms with Gasteiger partial charge in [0.25, 0.3) is 0 Å². The Balaban J connectivity index is 1.76. The smallest absolute Gasteiger partial charge is 0.222 e. The molecule has 0 spiro atoms. The van der Waals surface area contributed by atoms with Crippen LogP contribution in [0, 0.1) is 0 Å². The minimum atomic E-state index is -0.266. The van der Waals surface area contributed by atoms with Crippen LogP contribution in [0.15, 0.2) is 12.1 Å². The molecule has 0 aromatic carbocycles. The quantitative estimate of drug-likeness (QED) is 0.516. The molecule has 5 heteroatoms. The SMILES string of the molecule is O=Cc1ccc(CCCN2C(=O)CCC2CCCCF)s1. The molecule has 2 rings (SSSR count). The Hall–Kier alpha value is -1.23. The first-order valence-electron chi connectivity index (χ1n) is 7.64. The van der Waals surface area contributed by atoms with Gasteiger partial charge in [-0.25, -0.2) is 0 Å². The fourth-order valence-electron chi connectivity index (χ4n) is 2.89. The molecular formula is C16H22FNO2S. The Morgan fingerprint density at radius 2 is 2.19 bits per heavy atom. The van der Waals surface area contributed by atoms with E-state index in [-0.39, 0.29) is 12.6 Å². The summed E-state index contributed by atoms with van der Waals surface area (Å²) in [6.07, 6.45) is 6.63. The minimum Gasteiger partial charge on any atom is -0.340 e. The van der Waals surface area contributed by atoms with E-state index in [4.69, 9.17) is 0 Å². The Bertz CT molecular complexity index is 475. The summed E-state index contributed by atoms with van der Waals surface area (Å²) in [5.41, 5.74) is 0. The summed E-state index contributed by atoms with van der Waals surface area (Å²) < 4.78 is 12.2. The molecule has 1 fully saturated rings. The number of aryl methyl sites for hydroxylation is 1. The zero-order valence-electron chi connectivity index (χ0n) is 12.2. The van der Waals surface area contributed by atoms with Crippen LogP contribution in [0.4, 0.5) is 4.39 Å². The van der Waals surface area contributed by atoms with Gasteiger partial charge in [-0.05, 0) is 50.7 Å². The molecule has 0 aliphatic carbocycles. The number of aldehydes is 1. The van der Waals surface area contributed by atoms with E-state index < -0.39 is 0 Å². The Morgan fingerprint density at radius 3 is 2.90 bits per heavy atom. The lowest BCUT2D eigenvalue weighted by Gasteiger charge is -2.24. The second-order valence-electron chi connectivity index (χ2n) is 5.49. The van der Waals surface area contributed by atoms with Gasteiger partial charge in [0.1, 0.15) is 0 Å². The standard InChI is InChI=1S/C16H22FNO2S/c17-10-2-1-4-13-6-9-16(20)18(13)11-3-5-14-7-8-15(12-19)21-14/h7-8,12-13H,1-6,9-11H2. The van der Waals surface area contributed by atoms with Crippen molar-refractivity contribution in [3.05, 3.63) is 21.9 Å². The number of rotatable bonds is 9. The molecular weight excluding hydrogens is 289 g/mol. The second-order valence-corrected chi connectivity index (χ2v) is 6.69. The zero-order chi connectivity index (χ0) is 15.1. The largest absolute Gasteiger partial charge is 0.340 e. The van der Waals surface area contributed by atoms with Gasteiger partial charge in [0.05, 0.1) is 11.6 Å². The summed E-state index contributed by atoms with van der Waals surface area (Å²) in [6.45, 7) is 0.506. The number of carbonyl (C=O) groups is 2. The monoisotopic (exact) mass is 311 g/mol. The predicted molar refractivity (Wildman–Crippen MR) is 82.6 cm³/mol. The third-order valence-electron chi connectivity index (χ3n) is 3.99. The van der Waals surface area contributed by atoms with Crippen LogP contribution in [-0.2, 0) is 11.2 Å². The molecule has 1 aliphatic heterocycles. The van der Waals surface area contributed by atoms with Crippen LogP contribution < -0.4 is 0 Å². The molecule has 1 aliphatic rings. The normalized spacial score (nSPS) is 18.4. The van der Waals surface area contributed by atoms with Crippen LogP contribution in [0.1, 0.15) is 53.1 Å². The third kappa shape index (κ3) is 4.63. The van der Waals surface area contributed by atoms with Crippen LogP contribution in [0.3, 0.4) is 0 Å². The Labute approximate surface area is 129 Å².